The van der Waals surface area contributed by atoms with Gasteiger partial charge in [0.25, 0.3) is 0 Å². The van der Waals surface area contributed by atoms with Crippen molar-refractivity contribution in [3.8, 4) is 6.07 Å². The number of nitrogens with two attached hydrogens (primary N) is 1. The lowest BCUT2D eigenvalue weighted by atomic mass is 10.1. The van der Waals surface area contributed by atoms with Crippen molar-refractivity contribution >= 4 is 11.8 Å². The minimum absolute atomic E-state index is 0.430. The molecule has 0 saturated heterocycles. The Labute approximate surface area is 103 Å². The third kappa shape index (κ3) is 2.64. The third-order valence-electron chi connectivity index (χ3n) is 2.18. The highest BCUT2D eigenvalue weighted by Crippen LogP contribution is 2.28. The van der Waals surface area contributed by atoms with Gasteiger partial charge in [-0.1, -0.05) is 6.07 Å². The normalized spacial score (nSPS) is 10.2. The maximum absolute atomic E-state index is 9.07. The summed E-state index contributed by atoms with van der Waals surface area (Å²) in [6, 6.07) is 7.73. The number of hydrogen-bond donors (Lipinski definition) is 2. The standard InChI is InChI=1S/C11H11N5S/c1-7-14-11(16-15-7)17-10-3-2-8(5-12)4-9(10)6-13/h2-4H,5,12H2,1H3,(H,14,15,16). The highest BCUT2D eigenvalue weighted by molar-refractivity contribution is 7.99. The summed E-state index contributed by atoms with van der Waals surface area (Å²) < 4.78 is 0. The molecule has 0 aliphatic carbocycles. The molecule has 0 fully saturated rings. The van der Waals surface area contributed by atoms with E-state index in [1.165, 1.54) is 11.8 Å². The Hall–Kier alpha value is -1.84. The smallest absolute Gasteiger partial charge is 0.213 e. The van der Waals surface area contributed by atoms with Crippen LogP contribution in [0.4, 0.5) is 0 Å². The number of aromatic nitrogens is 3. The average Bonchev–Trinajstić information content (AvgIpc) is 2.75. The summed E-state index contributed by atoms with van der Waals surface area (Å²) in [7, 11) is 0. The highest BCUT2D eigenvalue weighted by Gasteiger charge is 2.08. The van der Waals surface area contributed by atoms with Gasteiger partial charge in [-0.25, -0.2) is 4.98 Å². The molecule has 5 nitrogen and oxygen atoms in total. The van der Waals surface area contributed by atoms with Crippen molar-refractivity contribution in [1.29, 1.82) is 5.26 Å². The maximum atomic E-state index is 9.07. The summed E-state index contributed by atoms with van der Waals surface area (Å²) >= 11 is 1.36. The first-order chi connectivity index (χ1) is 8.22. The Bertz CT molecular complexity index is 569. The first-order valence-electron chi connectivity index (χ1n) is 5.03. The zero-order valence-corrected chi connectivity index (χ0v) is 10.1. The molecule has 3 N–H and O–H groups in total. The fraction of sp³-hybridized carbons (Fsp3) is 0.182. The van der Waals surface area contributed by atoms with Crippen molar-refractivity contribution in [2.75, 3.05) is 0 Å². The van der Waals surface area contributed by atoms with Crippen LogP contribution in [0.2, 0.25) is 0 Å². The van der Waals surface area contributed by atoms with Crippen LogP contribution in [0.3, 0.4) is 0 Å². The molecule has 0 aliphatic rings. The fourth-order valence-electron chi connectivity index (χ4n) is 1.35. The molecule has 0 amide bonds. The number of aromatic amines is 1. The topological polar surface area (TPSA) is 91.4 Å². The van der Waals surface area contributed by atoms with Crippen molar-refractivity contribution in [3.05, 3.63) is 35.2 Å². The average molecular weight is 245 g/mol. The van der Waals surface area contributed by atoms with Gasteiger partial charge in [0.1, 0.15) is 11.9 Å². The second-order valence-corrected chi connectivity index (χ2v) is 4.46. The second kappa shape index (κ2) is 4.99. The van der Waals surface area contributed by atoms with Gasteiger partial charge in [0.15, 0.2) is 0 Å². The number of nitrogens with one attached hydrogen (secondary N) is 1. The molecule has 0 radical (unpaired) electrons. The van der Waals surface area contributed by atoms with Gasteiger partial charge in [-0.3, -0.25) is 5.10 Å². The van der Waals surface area contributed by atoms with Gasteiger partial charge in [0.2, 0.25) is 5.16 Å². The van der Waals surface area contributed by atoms with Crippen LogP contribution in [0.15, 0.2) is 28.3 Å². The lowest BCUT2D eigenvalue weighted by molar-refractivity contribution is 0.968. The number of nitrogens with zero attached hydrogens (tertiary/aromatic N) is 3. The molecular weight excluding hydrogens is 234 g/mol. The summed E-state index contributed by atoms with van der Waals surface area (Å²) in [6.45, 7) is 2.26. The van der Waals surface area contributed by atoms with Crippen molar-refractivity contribution in [2.24, 2.45) is 5.73 Å². The Morgan fingerprint density at radius 3 is 2.94 bits per heavy atom. The molecule has 1 aromatic heterocycles. The van der Waals surface area contributed by atoms with E-state index in [1.807, 2.05) is 19.1 Å². The molecular formula is C11H11N5S. The molecule has 17 heavy (non-hydrogen) atoms. The lowest BCUT2D eigenvalue weighted by Crippen LogP contribution is -1.97. The maximum Gasteiger partial charge on any atom is 0.213 e. The molecule has 2 aromatic rings. The summed E-state index contributed by atoms with van der Waals surface area (Å²) in [5.74, 6) is 0.754. The highest BCUT2D eigenvalue weighted by atomic mass is 32.2. The Kier molecular flexibility index (Phi) is 3.42. The Morgan fingerprint density at radius 1 is 1.53 bits per heavy atom. The molecule has 2 rings (SSSR count). The van der Waals surface area contributed by atoms with Crippen LogP contribution in [0.5, 0.6) is 0 Å². The van der Waals surface area contributed by atoms with Crippen LogP contribution in [-0.2, 0) is 6.54 Å². The number of aryl methyl sites for hydroxylation is 1. The van der Waals surface area contributed by atoms with Crippen LogP contribution < -0.4 is 5.73 Å². The second-order valence-electron chi connectivity index (χ2n) is 3.45. The minimum atomic E-state index is 0.430. The molecule has 0 unspecified atom stereocenters. The third-order valence-corrected chi connectivity index (χ3v) is 3.12. The van der Waals surface area contributed by atoms with Gasteiger partial charge < -0.3 is 5.73 Å². The predicted molar refractivity (Wildman–Crippen MR) is 64.3 cm³/mol. The van der Waals surface area contributed by atoms with Crippen LogP contribution >= 0.6 is 11.8 Å². The van der Waals surface area contributed by atoms with Crippen molar-refractivity contribution in [1.82, 2.24) is 15.2 Å². The first kappa shape index (κ1) is 11.6. The van der Waals surface area contributed by atoms with Gasteiger partial charge in [0, 0.05) is 11.4 Å². The van der Waals surface area contributed by atoms with E-state index < -0.39 is 0 Å². The van der Waals surface area contributed by atoms with Crippen LogP contribution in [0, 0.1) is 18.3 Å². The van der Waals surface area contributed by atoms with Crippen molar-refractivity contribution in [3.63, 3.8) is 0 Å². The van der Waals surface area contributed by atoms with Crippen LogP contribution in [-0.4, -0.2) is 15.2 Å². The largest absolute Gasteiger partial charge is 0.326 e. The SMILES string of the molecule is Cc1nc(Sc2ccc(CN)cc2C#N)n[nH]1. The van der Waals surface area contributed by atoms with E-state index >= 15 is 0 Å². The van der Waals surface area contributed by atoms with E-state index in [1.54, 1.807) is 6.07 Å². The number of hydrogen-bond acceptors (Lipinski definition) is 5. The van der Waals surface area contributed by atoms with Crippen LogP contribution in [0.1, 0.15) is 17.0 Å². The van der Waals surface area contributed by atoms with E-state index in [4.69, 9.17) is 11.0 Å². The van der Waals surface area contributed by atoms with Crippen molar-refractivity contribution < 1.29 is 0 Å². The van der Waals surface area contributed by atoms with Gasteiger partial charge in [-0.2, -0.15) is 5.26 Å². The van der Waals surface area contributed by atoms with Crippen LogP contribution in [0.25, 0.3) is 0 Å². The summed E-state index contributed by atoms with van der Waals surface area (Å²) in [4.78, 5) is 5.02. The number of nitriles is 1. The zero-order valence-electron chi connectivity index (χ0n) is 9.27. The number of H-pyrrole nitrogens is 1. The molecule has 6 heteroatoms. The fourth-order valence-corrected chi connectivity index (χ4v) is 2.17. The monoisotopic (exact) mass is 245 g/mol. The van der Waals surface area contributed by atoms with Gasteiger partial charge in [-0.05, 0) is 36.4 Å². The molecule has 0 atom stereocenters. The molecule has 1 aromatic carbocycles. The van der Waals surface area contributed by atoms with E-state index in [9.17, 15) is 0 Å². The van der Waals surface area contributed by atoms with E-state index in [2.05, 4.69) is 21.3 Å². The quantitative estimate of drug-likeness (QED) is 0.856. The molecule has 1 heterocycles. The van der Waals surface area contributed by atoms with E-state index in [0.717, 1.165) is 16.3 Å². The van der Waals surface area contributed by atoms with E-state index in [0.29, 0.717) is 17.3 Å². The zero-order chi connectivity index (χ0) is 12.3. The molecule has 0 spiro atoms. The summed E-state index contributed by atoms with van der Waals surface area (Å²) in [6.07, 6.45) is 0. The van der Waals surface area contributed by atoms with Gasteiger partial charge in [-0.15, -0.1) is 5.10 Å². The summed E-state index contributed by atoms with van der Waals surface area (Å²) in [5.41, 5.74) is 7.07. The van der Waals surface area contributed by atoms with Crippen molar-refractivity contribution in [2.45, 2.75) is 23.5 Å². The Morgan fingerprint density at radius 2 is 2.35 bits per heavy atom. The molecule has 0 bridgehead atoms. The molecule has 86 valence electrons. The lowest BCUT2D eigenvalue weighted by Gasteiger charge is -2.02. The summed E-state index contributed by atoms with van der Waals surface area (Å²) in [5, 5.41) is 16.5. The number of rotatable bonds is 3. The van der Waals surface area contributed by atoms with Gasteiger partial charge >= 0.3 is 0 Å². The predicted octanol–water partition coefficient (Wildman–Crippen LogP) is 1.59. The molecule has 0 aliphatic heterocycles. The number of benzene rings is 1. The van der Waals surface area contributed by atoms with E-state index in [-0.39, 0.29) is 0 Å². The molecule has 0 saturated carbocycles. The first-order valence-corrected chi connectivity index (χ1v) is 5.84. The minimum Gasteiger partial charge on any atom is -0.326 e. The van der Waals surface area contributed by atoms with Gasteiger partial charge in [0.05, 0.1) is 5.56 Å². The Balaban J connectivity index is 2.30.